The molecule has 0 atom stereocenters. The number of anilines is 1. The van der Waals surface area contributed by atoms with E-state index in [-0.39, 0.29) is 4.87 Å². The quantitative estimate of drug-likeness (QED) is 0.909. The minimum absolute atomic E-state index is 0.000270. The lowest BCUT2D eigenvalue weighted by Gasteiger charge is -2.07. The van der Waals surface area contributed by atoms with Gasteiger partial charge in [0.2, 0.25) is 0 Å². The zero-order valence-electron chi connectivity index (χ0n) is 9.53. The minimum Gasteiger partial charge on any atom is -0.384 e. The van der Waals surface area contributed by atoms with Gasteiger partial charge in [-0.3, -0.25) is 9.36 Å². The molecule has 2 heterocycles. The number of nitrogens with zero attached hydrogens (tertiary/aromatic N) is 2. The maximum Gasteiger partial charge on any atom is 0.307 e. The predicted molar refractivity (Wildman–Crippen MR) is 70.8 cm³/mol. The summed E-state index contributed by atoms with van der Waals surface area (Å²) in [5.41, 5.74) is 7.17. The minimum atomic E-state index is 0.000270. The van der Waals surface area contributed by atoms with Gasteiger partial charge in [0, 0.05) is 10.6 Å². The number of nitrogens with two attached hydrogens (primary N) is 1. The molecular formula is C11H12ClN3OS. The second kappa shape index (κ2) is 4.50. The molecule has 4 nitrogen and oxygen atoms in total. The van der Waals surface area contributed by atoms with Crippen molar-refractivity contribution in [2.24, 2.45) is 0 Å². The molecule has 0 radical (unpaired) electrons. The first-order valence-electron chi connectivity index (χ1n) is 5.06. The van der Waals surface area contributed by atoms with Crippen LogP contribution in [0.3, 0.4) is 0 Å². The fraction of sp³-hybridized carbons (Fsp3) is 0.273. The molecule has 2 aromatic heterocycles. The van der Waals surface area contributed by atoms with Crippen LogP contribution in [0.5, 0.6) is 0 Å². The van der Waals surface area contributed by atoms with Crippen LogP contribution >= 0.6 is 22.9 Å². The normalized spacial score (nSPS) is 10.8. The van der Waals surface area contributed by atoms with Crippen LogP contribution in [0.25, 0.3) is 0 Å². The topological polar surface area (TPSA) is 60.9 Å². The van der Waals surface area contributed by atoms with Crippen LogP contribution in [-0.4, -0.2) is 9.55 Å². The molecule has 0 bridgehead atoms. The summed E-state index contributed by atoms with van der Waals surface area (Å²) in [6.45, 7) is 4.19. The number of aryl methyl sites for hydroxylation is 1. The Morgan fingerprint density at radius 1 is 1.47 bits per heavy atom. The Morgan fingerprint density at radius 2 is 2.18 bits per heavy atom. The molecule has 2 rings (SSSR count). The average molecular weight is 270 g/mol. The Labute approximate surface area is 108 Å². The molecule has 0 aromatic carbocycles. The first kappa shape index (κ1) is 12.1. The molecule has 0 fully saturated rings. The van der Waals surface area contributed by atoms with Gasteiger partial charge >= 0.3 is 4.87 Å². The maximum absolute atomic E-state index is 11.7. The van der Waals surface area contributed by atoms with Crippen LogP contribution in [0.2, 0.25) is 5.02 Å². The monoisotopic (exact) mass is 269 g/mol. The van der Waals surface area contributed by atoms with E-state index in [0.717, 1.165) is 10.6 Å². The summed E-state index contributed by atoms with van der Waals surface area (Å²) in [6, 6.07) is 3.33. The van der Waals surface area contributed by atoms with Crippen LogP contribution in [0, 0.1) is 13.8 Å². The summed E-state index contributed by atoms with van der Waals surface area (Å²) in [6.07, 6.45) is 0. The van der Waals surface area contributed by atoms with Crippen molar-refractivity contribution in [3.05, 3.63) is 43.1 Å². The summed E-state index contributed by atoms with van der Waals surface area (Å²) in [4.78, 5) is 16.9. The van der Waals surface area contributed by atoms with E-state index in [9.17, 15) is 4.79 Å². The molecule has 0 aliphatic rings. The lowest BCUT2D eigenvalue weighted by molar-refractivity contribution is 0.734. The van der Waals surface area contributed by atoms with E-state index in [1.165, 1.54) is 11.3 Å². The fourth-order valence-corrected chi connectivity index (χ4v) is 2.53. The molecule has 2 aromatic rings. The van der Waals surface area contributed by atoms with E-state index in [2.05, 4.69) is 4.98 Å². The van der Waals surface area contributed by atoms with Gasteiger partial charge in [-0.25, -0.2) is 4.98 Å². The molecule has 17 heavy (non-hydrogen) atoms. The van der Waals surface area contributed by atoms with Crippen molar-refractivity contribution in [3.63, 3.8) is 0 Å². The SMILES string of the molecule is Cc1sc(=O)n(Cc2nc(N)ccc2Cl)c1C. The van der Waals surface area contributed by atoms with Crippen LogP contribution in [-0.2, 0) is 6.54 Å². The van der Waals surface area contributed by atoms with Gasteiger partial charge in [0.15, 0.2) is 0 Å². The number of pyridine rings is 1. The van der Waals surface area contributed by atoms with Gasteiger partial charge in [0.05, 0.1) is 17.3 Å². The van der Waals surface area contributed by atoms with Gasteiger partial charge in [-0.2, -0.15) is 0 Å². The molecule has 2 N–H and O–H groups in total. The lowest BCUT2D eigenvalue weighted by Crippen LogP contribution is -2.16. The number of hydrogen-bond acceptors (Lipinski definition) is 4. The molecule has 0 saturated carbocycles. The summed E-state index contributed by atoms with van der Waals surface area (Å²) in [5, 5.41) is 0.523. The van der Waals surface area contributed by atoms with Gasteiger partial charge in [0.1, 0.15) is 5.82 Å². The molecule has 0 spiro atoms. The van der Waals surface area contributed by atoms with Crippen LogP contribution in [0.4, 0.5) is 5.82 Å². The molecule has 0 unspecified atom stereocenters. The van der Waals surface area contributed by atoms with E-state index >= 15 is 0 Å². The zero-order valence-corrected chi connectivity index (χ0v) is 11.1. The molecule has 0 saturated heterocycles. The standard InChI is InChI=1S/C11H12ClN3OS/c1-6-7(2)17-11(16)15(6)5-9-8(12)3-4-10(13)14-9/h3-4H,5H2,1-2H3,(H2,13,14). The molecular weight excluding hydrogens is 258 g/mol. The van der Waals surface area contributed by atoms with E-state index in [1.54, 1.807) is 16.7 Å². The maximum atomic E-state index is 11.7. The van der Waals surface area contributed by atoms with E-state index in [1.807, 2.05) is 13.8 Å². The van der Waals surface area contributed by atoms with Crippen molar-refractivity contribution < 1.29 is 0 Å². The fourth-order valence-electron chi connectivity index (χ4n) is 1.53. The van der Waals surface area contributed by atoms with Crippen LogP contribution in [0.1, 0.15) is 16.3 Å². The van der Waals surface area contributed by atoms with Crippen molar-refractivity contribution in [2.45, 2.75) is 20.4 Å². The highest BCUT2D eigenvalue weighted by atomic mass is 35.5. The molecule has 0 aliphatic carbocycles. The summed E-state index contributed by atoms with van der Waals surface area (Å²) in [5.74, 6) is 0.405. The Bertz CT molecular complexity index is 618. The average Bonchev–Trinajstić information content (AvgIpc) is 2.50. The van der Waals surface area contributed by atoms with Gasteiger partial charge in [-0.1, -0.05) is 22.9 Å². The third kappa shape index (κ3) is 2.35. The zero-order chi connectivity index (χ0) is 12.6. The number of thiazole rings is 1. The van der Waals surface area contributed by atoms with Crippen molar-refractivity contribution in [2.75, 3.05) is 5.73 Å². The van der Waals surface area contributed by atoms with Gasteiger partial charge in [-0.05, 0) is 26.0 Å². The summed E-state index contributed by atoms with van der Waals surface area (Å²) >= 11 is 7.26. The van der Waals surface area contributed by atoms with Crippen LogP contribution < -0.4 is 10.6 Å². The Kier molecular flexibility index (Phi) is 3.22. The largest absolute Gasteiger partial charge is 0.384 e. The number of nitrogen functional groups attached to an aromatic ring is 1. The Morgan fingerprint density at radius 3 is 2.76 bits per heavy atom. The van der Waals surface area contributed by atoms with E-state index < -0.39 is 0 Å². The third-order valence-electron chi connectivity index (χ3n) is 2.62. The van der Waals surface area contributed by atoms with E-state index in [0.29, 0.717) is 23.1 Å². The van der Waals surface area contributed by atoms with Gasteiger partial charge in [0.25, 0.3) is 0 Å². The molecule has 0 aliphatic heterocycles. The molecule has 6 heteroatoms. The van der Waals surface area contributed by atoms with Crippen molar-refractivity contribution in [1.29, 1.82) is 0 Å². The van der Waals surface area contributed by atoms with Gasteiger partial charge in [-0.15, -0.1) is 0 Å². The first-order valence-corrected chi connectivity index (χ1v) is 6.26. The number of aromatic nitrogens is 2. The number of halogens is 1. The number of rotatable bonds is 2. The van der Waals surface area contributed by atoms with Crippen molar-refractivity contribution in [3.8, 4) is 0 Å². The summed E-state index contributed by atoms with van der Waals surface area (Å²) < 4.78 is 1.66. The predicted octanol–water partition coefficient (Wildman–Crippen LogP) is 2.21. The number of hydrogen-bond donors (Lipinski definition) is 1. The third-order valence-corrected chi connectivity index (χ3v) is 3.96. The lowest BCUT2D eigenvalue weighted by atomic mass is 10.3. The highest BCUT2D eigenvalue weighted by molar-refractivity contribution is 7.09. The Balaban J connectivity index is 2.44. The second-order valence-electron chi connectivity index (χ2n) is 3.76. The van der Waals surface area contributed by atoms with Gasteiger partial charge < -0.3 is 5.73 Å². The highest BCUT2D eigenvalue weighted by Crippen LogP contribution is 2.18. The first-order chi connectivity index (χ1) is 7.99. The highest BCUT2D eigenvalue weighted by Gasteiger charge is 2.10. The Hall–Kier alpha value is -1.33. The molecule has 90 valence electrons. The van der Waals surface area contributed by atoms with Crippen molar-refractivity contribution in [1.82, 2.24) is 9.55 Å². The summed E-state index contributed by atoms with van der Waals surface area (Å²) in [7, 11) is 0. The van der Waals surface area contributed by atoms with E-state index in [4.69, 9.17) is 17.3 Å². The smallest absolute Gasteiger partial charge is 0.307 e. The van der Waals surface area contributed by atoms with Crippen LogP contribution in [0.15, 0.2) is 16.9 Å². The van der Waals surface area contributed by atoms with Crippen molar-refractivity contribution >= 4 is 28.8 Å². The molecule has 0 amide bonds. The second-order valence-corrected chi connectivity index (χ2v) is 5.33.